The van der Waals surface area contributed by atoms with E-state index in [1.54, 1.807) is 6.07 Å². The Morgan fingerprint density at radius 3 is 2.72 bits per heavy atom. The van der Waals surface area contributed by atoms with Gasteiger partial charge in [0.05, 0.1) is 37.3 Å². The van der Waals surface area contributed by atoms with Gasteiger partial charge >= 0.3 is 0 Å². The summed E-state index contributed by atoms with van der Waals surface area (Å²) in [6.45, 7) is 4.16. The first kappa shape index (κ1) is 15.0. The molecule has 0 aliphatic heterocycles. The predicted octanol–water partition coefficient (Wildman–Crippen LogP) is 1.98. The lowest BCUT2D eigenvalue weighted by atomic mass is 10.3. The summed E-state index contributed by atoms with van der Waals surface area (Å²) in [4.78, 5) is 13.2. The molecular formula is C14H22ClN2O+. The molecule has 0 aliphatic rings. The van der Waals surface area contributed by atoms with Gasteiger partial charge in [-0.1, -0.05) is 37.1 Å². The lowest BCUT2D eigenvalue weighted by Crippen LogP contribution is -3.09. The second kappa shape index (κ2) is 8.11. The number of nitrogens with one attached hydrogen (secondary N) is 2. The van der Waals surface area contributed by atoms with Crippen LogP contribution in [0.1, 0.15) is 26.2 Å². The monoisotopic (exact) mass is 269 g/mol. The van der Waals surface area contributed by atoms with Gasteiger partial charge in [0.25, 0.3) is 0 Å². The summed E-state index contributed by atoms with van der Waals surface area (Å²) in [6, 6.07) is 7.30. The van der Waals surface area contributed by atoms with E-state index in [1.807, 2.05) is 18.2 Å². The zero-order chi connectivity index (χ0) is 13.4. The Kier molecular flexibility index (Phi) is 6.76. The van der Waals surface area contributed by atoms with Gasteiger partial charge in [-0.15, -0.1) is 0 Å². The van der Waals surface area contributed by atoms with E-state index in [-0.39, 0.29) is 5.91 Å². The molecular weight excluding hydrogens is 248 g/mol. The van der Waals surface area contributed by atoms with Crippen molar-refractivity contribution in [3.05, 3.63) is 29.3 Å². The van der Waals surface area contributed by atoms with E-state index in [1.165, 1.54) is 17.7 Å². The van der Waals surface area contributed by atoms with Gasteiger partial charge in [-0.3, -0.25) is 4.79 Å². The molecule has 18 heavy (non-hydrogen) atoms. The summed E-state index contributed by atoms with van der Waals surface area (Å²) in [5, 5.41) is 3.42. The third kappa shape index (κ3) is 5.52. The number of hydrogen-bond acceptors (Lipinski definition) is 1. The van der Waals surface area contributed by atoms with Crippen LogP contribution < -0.4 is 10.2 Å². The first-order chi connectivity index (χ1) is 8.63. The van der Waals surface area contributed by atoms with Gasteiger partial charge in [0.1, 0.15) is 0 Å². The molecule has 3 nitrogen and oxygen atoms in total. The molecule has 0 radical (unpaired) electrons. The van der Waals surface area contributed by atoms with E-state index in [0.717, 1.165) is 13.1 Å². The van der Waals surface area contributed by atoms with Crippen LogP contribution in [-0.2, 0) is 4.79 Å². The van der Waals surface area contributed by atoms with Crippen molar-refractivity contribution in [2.75, 3.05) is 25.5 Å². The molecule has 1 aromatic rings. The molecule has 1 unspecified atom stereocenters. The second-order valence-corrected chi connectivity index (χ2v) is 5.00. The first-order valence-electron chi connectivity index (χ1n) is 6.49. The highest BCUT2D eigenvalue weighted by atomic mass is 35.5. The van der Waals surface area contributed by atoms with Crippen LogP contribution in [-0.4, -0.2) is 26.0 Å². The van der Waals surface area contributed by atoms with Crippen LogP contribution in [0.5, 0.6) is 0 Å². The molecule has 2 N–H and O–H groups in total. The quantitative estimate of drug-likeness (QED) is 0.780. The van der Waals surface area contributed by atoms with Crippen LogP contribution in [0.15, 0.2) is 24.3 Å². The summed E-state index contributed by atoms with van der Waals surface area (Å²) in [5.74, 6) is 0.0268. The molecule has 0 spiro atoms. The number of amides is 1. The van der Waals surface area contributed by atoms with E-state index < -0.39 is 0 Å². The van der Waals surface area contributed by atoms with Gasteiger partial charge in [-0.2, -0.15) is 0 Å². The van der Waals surface area contributed by atoms with E-state index in [0.29, 0.717) is 17.1 Å². The Morgan fingerprint density at radius 1 is 1.33 bits per heavy atom. The largest absolute Gasteiger partial charge is 0.337 e. The van der Waals surface area contributed by atoms with Crippen LogP contribution in [0, 0.1) is 0 Å². The molecule has 1 atom stereocenters. The highest BCUT2D eigenvalue weighted by Crippen LogP contribution is 2.20. The SMILES string of the molecule is CCCC[NH+](C)CCC(=O)Nc1ccccc1Cl. The minimum atomic E-state index is 0.0268. The van der Waals surface area contributed by atoms with Gasteiger partial charge in [0, 0.05) is 0 Å². The van der Waals surface area contributed by atoms with E-state index in [4.69, 9.17) is 11.6 Å². The van der Waals surface area contributed by atoms with Crippen molar-refractivity contribution < 1.29 is 9.69 Å². The zero-order valence-electron chi connectivity index (χ0n) is 11.1. The Hall–Kier alpha value is -1.06. The highest BCUT2D eigenvalue weighted by molar-refractivity contribution is 6.33. The molecule has 0 saturated carbocycles. The first-order valence-corrected chi connectivity index (χ1v) is 6.87. The molecule has 4 heteroatoms. The van der Waals surface area contributed by atoms with Crippen molar-refractivity contribution in [3.63, 3.8) is 0 Å². The van der Waals surface area contributed by atoms with Crippen LogP contribution in [0.3, 0.4) is 0 Å². The van der Waals surface area contributed by atoms with Crippen molar-refractivity contribution in [2.24, 2.45) is 0 Å². The maximum Gasteiger partial charge on any atom is 0.230 e. The van der Waals surface area contributed by atoms with Crippen molar-refractivity contribution >= 4 is 23.2 Å². The van der Waals surface area contributed by atoms with Crippen molar-refractivity contribution in [2.45, 2.75) is 26.2 Å². The van der Waals surface area contributed by atoms with E-state index in [2.05, 4.69) is 19.3 Å². The number of benzene rings is 1. The van der Waals surface area contributed by atoms with Gasteiger partial charge < -0.3 is 10.2 Å². The summed E-state index contributed by atoms with van der Waals surface area (Å²) >= 11 is 5.98. The number of halogens is 1. The smallest absolute Gasteiger partial charge is 0.230 e. The molecule has 0 aromatic heterocycles. The molecule has 0 saturated heterocycles. The fourth-order valence-electron chi connectivity index (χ4n) is 1.71. The third-order valence-corrected chi connectivity index (χ3v) is 3.21. The summed E-state index contributed by atoms with van der Waals surface area (Å²) in [5.41, 5.74) is 0.690. The second-order valence-electron chi connectivity index (χ2n) is 4.59. The number of para-hydroxylation sites is 1. The van der Waals surface area contributed by atoms with Crippen molar-refractivity contribution in [1.82, 2.24) is 0 Å². The molecule has 0 aliphatic carbocycles. The third-order valence-electron chi connectivity index (χ3n) is 2.88. The molecule has 0 fully saturated rings. The van der Waals surface area contributed by atoms with Crippen molar-refractivity contribution in [1.29, 1.82) is 0 Å². The number of anilines is 1. The number of hydrogen-bond donors (Lipinski definition) is 2. The van der Waals surface area contributed by atoms with E-state index >= 15 is 0 Å². The van der Waals surface area contributed by atoms with E-state index in [9.17, 15) is 4.79 Å². The summed E-state index contributed by atoms with van der Waals surface area (Å²) in [7, 11) is 2.12. The topological polar surface area (TPSA) is 33.5 Å². The van der Waals surface area contributed by atoms with Crippen LogP contribution in [0.4, 0.5) is 5.69 Å². The minimum Gasteiger partial charge on any atom is -0.337 e. The molecule has 100 valence electrons. The number of rotatable bonds is 7. The van der Waals surface area contributed by atoms with Crippen molar-refractivity contribution in [3.8, 4) is 0 Å². The number of carbonyl (C=O) groups is 1. The fraction of sp³-hybridized carbons (Fsp3) is 0.500. The average Bonchev–Trinajstić information content (AvgIpc) is 2.36. The molecule has 1 aromatic carbocycles. The number of unbranched alkanes of at least 4 members (excludes halogenated alkanes) is 1. The van der Waals surface area contributed by atoms with Crippen LogP contribution >= 0.6 is 11.6 Å². The van der Waals surface area contributed by atoms with Gasteiger partial charge in [-0.25, -0.2) is 0 Å². The lowest BCUT2D eigenvalue weighted by molar-refractivity contribution is -0.879. The zero-order valence-corrected chi connectivity index (χ0v) is 11.9. The summed E-state index contributed by atoms with van der Waals surface area (Å²) < 4.78 is 0. The Labute approximate surface area is 114 Å². The predicted molar refractivity (Wildman–Crippen MR) is 76.2 cm³/mol. The number of quaternary nitrogens is 1. The average molecular weight is 270 g/mol. The maximum atomic E-state index is 11.8. The fourth-order valence-corrected chi connectivity index (χ4v) is 1.89. The Balaban J connectivity index is 2.32. The Morgan fingerprint density at radius 2 is 2.06 bits per heavy atom. The lowest BCUT2D eigenvalue weighted by Gasteiger charge is -2.13. The number of carbonyl (C=O) groups excluding carboxylic acids is 1. The Bertz CT molecular complexity index is 382. The van der Waals surface area contributed by atoms with Gasteiger partial charge in [0.15, 0.2) is 0 Å². The minimum absolute atomic E-state index is 0.0268. The van der Waals surface area contributed by atoms with Gasteiger partial charge in [-0.05, 0) is 18.6 Å². The molecule has 0 heterocycles. The summed E-state index contributed by atoms with van der Waals surface area (Å²) in [6.07, 6.45) is 2.93. The van der Waals surface area contributed by atoms with Gasteiger partial charge in [0.2, 0.25) is 5.91 Å². The normalized spacial score (nSPS) is 12.2. The molecule has 0 bridgehead atoms. The molecule has 1 rings (SSSR count). The standard InChI is InChI=1S/C14H21ClN2O/c1-3-4-10-17(2)11-9-14(18)16-13-8-6-5-7-12(13)15/h5-8H,3-4,9-11H2,1-2H3,(H,16,18)/p+1. The van der Waals surface area contributed by atoms with Crippen LogP contribution in [0.2, 0.25) is 5.02 Å². The highest BCUT2D eigenvalue weighted by Gasteiger charge is 2.08. The molecule has 1 amide bonds. The maximum absolute atomic E-state index is 11.8. The van der Waals surface area contributed by atoms with Crippen LogP contribution in [0.25, 0.3) is 0 Å².